The van der Waals surface area contributed by atoms with E-state index in [1.807, 2.05) is 37.3 Å². The number of piperidine rings is 1. The van der Waals surface area contributed by atoms with Gasteiger partial charge >= 0.3 is 0 Å². The molecule has 33 heavy (non-hydrogen) atoms. The summed E-state index contributed by atoms with van der Waals surface area (Å²) in [6, 6.07) is 9.75. The van der Waals surface area contributed by atoms with Crippen molar-refractivity contribution in [3.8, 4) is 11.5 Å². The zero-order chi connectivity index (χ0) is 23.0. The van der Waals surface area contributed by atoms with E-state index in [-0.39, 0.29) is 11.8 Å². The highest BCUT2D eigenvalue weighted by molar-refractivity contribution is 5.79. The number of hydrogen-bond donors (Lipinski definition) is 1. The fourth-order valence-corrected chi connectivity index (χ4v) is 4.28. The first-order chi connectivity index (χ1) is 16.2. The number of ether oxygens (including phenoxy) is 3. The van der Waals surface area contributed by atoms with E-state index in [1.54, 1.807) is 7.11 Å². The van der Waals surface area contributed by atoms with E-state index in [0.717, 1.165) is 62.9 Å². The lowest BCUT2D eigenvalue weighted by Crippen LogP contribution is -2.43. The van der Waals surface area contributed by atoms with Crippen LogP contribution in [0.5, 0.6) is 11.5 Å². The highest BCUT2D eigenvalue weighted by atomic mass is 16.5. The number of carbonyl (C=O) groups is 1. The van der Waals surface area contributed by atoms with E-state index in [0.29, 0.717) is 31.2 Å². The Morgan fingerprint density at radius 2 is 1.85 bits per heavy atom. The quantitative estimate of drug-likeness (QED) is 0.649. The van der Waals surface area contributed by atoms with Gasteiger partial charge in [0.05, 0.1) is 32.8 Å². The Bertz CT molecular complexity index is 918. The normalized spacial score (nSPS) is 18.7. The number of carbonyl (C=O) groups excluding carboxylic acids is 1. The molecule has 0 radical (unpaired) electrons. The molecule has 0 spiro atoms. The van der Waals surface area contributed by atoms with Gasteiger partial charge in [-0.25, -0.2) is 0 Å². The number of benzene rings is 1. The maximum Gasteiger partial charge on any atom is 0.225 e. The second-order valence-electron chi connectivity index (χ2n) is 8.27. The zero-order valence-corrected chi connectivity index (χ0v) is 19.5. The predicted molar refractivity (Wildman–Crippen MR) is 126 cm³/mol. The van der Waals surface area contributed by atoms with Crippen LogP contribution >= 0.6 is 0 Å². The molecule has 1 aromatic heterocycles. The molecular weight excluding hydrogens is 422 g/mol. The number of rotatable bonds is 8. The number of nitrogens with zero attached hydrogens (tertiary/aromatic N) is 4. The summed E-state index contributed by atoms with van der Waals surface area (Å²) < 4.78 is 16.4. The summed E-state index contributed by atoms with van der Waals surface area (Å²) in [6.45, 7) is 7.59. The van der Waals surface area contributed by atoms with E-state index in [1.165, 1.54) is 0 Å². The Labute approximate surface area is 195 Å². The van der Waals surface area contributed by atoms with Crippen LogP contribution in [0.4, 0.5) is 11.6 Å². The number of nitrogens with one attached hydrogen (secondary N) is 1. The summed E-state index contributed by atoms with van der Waals surface area (Å²) in [4.78, 5) is 17.2. The van der Waals surface area contributed by atoms with Crippen LogP contribution in [-0.2, 0) is 16.1 Å². The molecule has 2 aliphatic rings. The van der Waals surface area contributed by atoms with Crippen molar-refractivity contribution < 1.29 is 19.0 Å². The first kappa shape index (κ1) is 23.1. The third-order valence-corrected chi connectivity index (χ3v) is 6.08. The summed E-state index contributed by atoms with van der Waals surface area (Å²) in [5, 5.41) is 11.9. The summed E-state index contributed by atoms with van der Waals surface area (Å²) in [7, 11) is 1.62. The Morgan fingerprint density at radius 1 is 1.09 bits per heavy atom. The molecule has 1 aromatic carbocycles. The SMILES string of the molecule is CCOc1ccc(CNC(=O)C2CCCN(c3ccc(N4CCOCC4)nn3)C2)cc1OC. The van der Waals surface area contributed by atoms with Crippen molar-refractivity contribution in [1.82, 2.24) is 15.5 Å². The van der Waals surface area contributed by atoms with Gasteiger partial charge in [0, 0.05) is 32.7 Å². The van der Waals surface area contributed by atoms with Crippen LogP contribution in [0.1, 0.15) is 25.3 Å². The van der Waals surface area contributed by atoms with Gasteiger partial charge in [-0.3, -0.25) is 4.79 Å². The molecule has 9 nitrogen and oxygen atoms in total. The van der Waals surface area contributed by atoms with Crippen LogP contribution < -0.4 is 24.6 Å². The standard InChI is InChI=1S/C24H33N5O4/c1-3-33-20-7-6-18(15-21(20)31-2)16-25-24(30)19-5-4-10-29(17-19)23-9-8-22(26-27-23)28-11-13-32-14-12-28/h6-9,15,19H,3-5,10-14,16-17H2,1-2H3,(H,25,30). The van der Waals surface area contributed by atoms with Gasteiger partial charge in [0.2, 0.25) is 5.91 Å². The summed E-state index contributed by atoms with van der Waals surface area (Å²) >= 11 is 0. The molecule has 1 N–H and O–H groups in total. The molecule has 9 heteroatoms. The van der Waals surface area contributed by atoms with Crippen molar-refractivity contribution in [2.24, 2.45) is 5.92 Å². The van der Waals surface area contributed by atoms with Crippen LogP contribution in [0.2, 0.25) is 0 Å². The minimum Gasteiger partial charge on any atom is -0.493 e. The Morgan fingerprint density at radius 3 is 2.55 bits per heavy atom. The summed E-state index contributed by atoms with van der Waals surface area (Å²) in [6.07, 6.45) is 1.82. The number of morpholine rings is 1. The number of anilines is 2. The topological polar surface area (TPSA) is 89.1 Å². The number of amides is 1. The van der Waals surface area contributed by atoms with Gasteiger partial charge in [-0.2, -0.15) is 0 Å². The molecule has 0 bridgehead atoms. The molecule has 0 aliphatic carbocycles. The summed E-state index contributed by atoms with van der Waals surface area (Å²) in [5.74, 6) is 3.06. The molecular formula is C24H33N5O4. The lowest BCUT2D eigenvalue weighted by Gasteiger charge is -2.33. The molecule has 4 rings (SSSR count). The maximum atomic E-state index is 12.9. The van der Waals surface area contributed by atoms with E-state index in [9.17, 15) is 4.79 Å². The second-order valence-corrected chi connectivity index (χ2v) is 8.27. The fraction of sp³-hybridized carbons (Fsp3) is 0.542. The van der Waals surface area contributed by atoms with Crippen molar-refractivity contribution in [2.45, 2.75) is 26.3 Å². The van der Waals surface area contributed by atoms with Crippen LogP contribution in [0, 0.1) is 5.92 Å². The van der Waals surface area contributed by atoms with Gasteiger partial charge in [0.15, 0.2) is 23.1 Å². The number of methoxy groups -OCH3 is 1. The zero-order valence-electron chi connectivity index (χ0n) is 19.5. The third kappa shape index (κ3) is 5.84. The first-order valence-corrected chi connectivity index (χ1v) is 11.7. The second kappa shape index (κ2) is 11.2. The van der Waals surface area contributed by atoms with Crippen molar-refractivity contribution in [2.75, 3.05) is 62.9 Å². The van der Waals surface area contributed by atoms with Crippen molar-refractivity contribution in [3.63, 3.8) is 0 Å². The van der Waals surface area contributed by atoms with Gasteiger partial charge in [-0.05, 0) is 49.6 Å². The molecule has 2 aromatic rings. The van der Waals surface area contributed by atoms with Gasteiger partial charge in [0.1, 0.15) is 0 Å². The van der Waals surface area contributed by atoms with E-state index in [2.05, 4.69) is 25.3 Å². The monoisotopic (exact) mass is 455 g/mol. The Balaban J connectivity index is 1.32. The molecule has 1 unspecified atom stereocenters. The predicted octanol–water partition coefficient (Wildman–Crippen LogP) is 2.25. The van der Waals surface area contributed by atoms with Crippen molar-refractivity contribution in [1.29, 1.82) is 0 Å². The van der Waals surface area contributed by atoms with Crippen molar-refractivity contribution in [3.05, 3.63) is 35.9 Å². The number of aromatic nitrogens is 2. The highest BCUT2D eigenvalue weighted by Gasteiger charge is 2.27. The molecule has 178 valence electrons. The Hall–Kier alpha value is -3.07. The molecule has 0 saturated carbocycles. The van der Waals surface area contributed by atoms with Gasteiger partial charge < -0.3 is 29.3 Å². The molecule has 2 saturated heterocycles. The minimum atomic E-state index is -0.0796. The molecule has 2 fully saturated rings. The molecule has 2 aliphatic heterocycles. The maximum absolute atomic E-state index is 12.9. The smallest absolute Gasteiger partial charge is 0.225 e. The van der Waals surface area contributed by atoms with Crippen LogP contribution in [0.15, 0.2) is 30.3 Å². The minimum absolute atomic E-state index is 0.0606. The van der Waals surface area contributed by atoms with Crippen LogP contribution in [0.25, 0.3) is 0 Å². The van der Waals surface area contributed by atoms with Crippen LogP contribution in [-0.4, -0.2) is 69.2 Å². The molecule has 3 heterocycles. The lowest BCUT2D eigenvalue weighted by atomic mass is 9.97. The van der Waals surface area contributed by atoms with E-state index >= 15 is 0 Å². The summed E-state index contributed by atoms with van der Waals surface area (Å²) in [5.41, 5.74) is 0.973. The lowest BCUT2D eigenvalue weighted by molar-refractivity contribution is -0.125. The average molecular weight is 456 g/mol. The average Bonchev–Trinajstić information content (AvgIpc) is 2.88. The molecule has 1 amide bonds. The van der Waals surface area contributed by atoms with Gasteiger partial charge in [-0.15, -0.1) is 10.2 Å². The largest absolute Gasteiger partial charge is 0.493 e. The fourth-order valence-electron chi connectivity index (χ4n) is 4.28. The van der Waals surface area contributed by atoms with E-state index in [4.69, 9.17) is 14.2 Å². The van der Waals surface area contributed by atoms with Crippen LogP contribution in [0.3, 0.4) is 0 Å². The number of hydrogen-bond acceptors (Lipinski definition) is 8. The van der Waals surface area contributed by atoms with Crippen molar-refractivity contribution >= 4 is 17.5 Å². The Kier molecular flexibility index (Phi) is 7.83. The molecule has 1 atom stereocenters. The van der Waals surface area contributed by atoms with E-state index < -0.39 is 0 Å². The van der Waals surface area contributed by atoms with Gasteiger partial charge in [0.25, 0.3) is 0 Å². The highest BCUT2D eigenvalue weighted by Crippen LogP contribution is 2.28. The third-order valence-electron chi connectivity index (χ3n) is 6.08. The van der Waals surface area contributed by atoms with Gasteiger partial charge in [-0.1, -0.05) is 6.07 Å². The first-order valence-electron chi connectivity index (χ1n) is 11.7.